The first-order valence-corrected chi connectivity index (χ1v) is 5.62. The van der Waals surface area contributed by atoms with Crippen molar-refractivity contribution in [3.8, 4) is 5.75 Å². The van der Waals surface area contributed by atoms with Crippen LogP contribution >= 0.6 is 0 Å². The predicted octanol–water partition coefficient (Wildman–Crippen LogP) is 1.88. The molecule has 92 valence electrons. The van der Waals surface area contributed by atoms with E-state index in [4.69, 9.17) is 10.5 Å². The predicted molar refractivity (Wildman–Crippen MR) is 64.1 cm³/mol. The van der Waals surface area contributed by atoms with Gasteiger partial charge in [0.2, 0.25) is 0 Å². The summed E-state index contributed by atoms with van der Waals surface area (Å²) in [5, 5.41) is 11.0. The van der Waals surface area contributed by atoms with Crippen molar-refractivity contribution < 1.29 is 9.66 Å². The van der Waals surface area contributed by atoms with Crippen molar-refractivity contribution in [2.75, 3.05) is 13.7 Å². The highest BCUT2D eigenvalue weighted by Crippen LogP contribution is 2.48. The minimum Gasteiger partial charge on any atom is -0.497 e. The molecule has 0 bridgehead atoms. The van der Waals surface area contributed by atoms with Gasteiger partial charge in [0, 0.05) is 5.56 Å². The van der Waals surface area contributed by atoms with Gasteiger partial charge >= 0.3 is 0 Å². The molecule has 0 atom stereocenters. The third-order valence-corrected chi connectivity index (χ3v) is 3.44. The molecule has 1 aliphatic rings. The van der Waals surface area contributed by atoms with Gasteiger partial charge in [-0.1, -0.05) is 0 Å². The molecule has 1 aromatic rings. The molecule has 0 amide bonds. The van der Waals surface area contributed by atoms with Crippen molar-refractivity contribution in [3.63, 3.8) is 0 Å². The number of ether oxygens (including phenoxy) is 1. The van der Waals surface area contributed by atoms with Crippen molar-refractivity contribution >= 4 is 5.69 Å². The molecule has 0 aromatic heterocycles. The third-order valence-electron chi connectivity index (χ3n) is 3.44. The molecule has 1 fully saturated rings. The Morgan fingerprint density at radius 3 is 2.71 bits per heavy atom. The van der Waals surface area contributed by atoms with Crippen LogP contribution in [0.1, 0.15) is 18.4 Å². The van der Waals surface area contributed by atoms with E-state index in [1.807, 2.05) is 0 Å². The second-order valence-electron chi connectivity index (χ2n) is 4.63. The molecule has 0 saturated heterocycles. The normalized spacial score (nSPS) is 16.6. The summed E-state index contributed by atoms with van der Waals surface area (Å²) in [4.78, 5) is 10.6. The van der Waals surface area contributed by atoms with Crippen molar-refractivity contribution in [1.82, 2.24) is 0 Å². The lowest BCUT2D eigenvalue weighted by Gasteiger charge is -2.12. The zero-order chi connectivity index (χ0) is 12.5. The van der Waals surface area contributed by atoms with Crippen LogP contribution in [0.4, 0.5) is 5.69 Å². The maximum Gasteiger partial charge on any atom is 0.276 e. The number of hydrogen-bond acceptors (Lipinski definition) is 4. The molecule has 1 saturated carbocycles. The smallest absolute Gasteiger partial charge is 0.276 e. The Balaban J connectivity index is 2.29. The Morgan fingerprint density at radius 2 is 2.24 bits per heavy atom. The first-order valence-electron chi connectivity index (χ1n) is 5.62. The Labute approximate surface area is 99.7 Å². The Hall–Kier alpha value is -1.62. The van der Waals surface area contributed by atoms with Crippen molar-refractivity contribution in [2.45, 2.75) is 19.3 Å². The molecule has 0 heterocycles. The van der Waals surface area contributed by atoms with Crippen LogP contribution < -0.4 is 10.5 Å². The lowest BCUT2D eigenvalue weighted by Crippen LogP contribution is -2.18. The maximum atomic E-state index is 11.0. The number of hydrogen-bond donors (Lipinski definition) is 1. The molecule has 2 N–H and O–H groups in total. The number of rotatable bonds is 5. The molecule has 0 unspecified atom stereocenters. The molecule has 5 nitrogen and oxygen atoms in total. The van der Waals surface area contributed by atoms with Gasteiger partial charge in [0.05, 0.1) is 18.1 Å². The van der Waals surface area contributed by atoms with E-state index in [9.17, 15) is 10.1 Å². The van der Waals surface area contributed by atoms with Gasteiger partial charge in [-0.05, 0) is 43.4 Å². The van der Waals surface area contributed by atoms with Crippen LogP contribution in [0, 0.1) is 15.5 Å². The van der Waals surface area contributed by atoms with E-state index in [0.717, 1.165) is 18.4 Å². The minimum absolute atomic E-state index is 0.0966. The van der Waals surface area contributed by atoms with Crippen molar-refractivity contribution in [2.24, 2.45) is 11.1 Å². The largest absolute Gasteiger partial charge is 0.497 e. The zero-order valence-corrected chi connectivity index (χ0v) is 9.81. The number of nitrogens with two attached hydrogens (primary N) is 1. The summed E-state index contributed by atoms with van der Waals surface area (Å²) in [6.07, 6.45) is 2.81. The summed E-state index contributed by atoms with van der Waals surface area (Å²) in [5.74, 6) is 0.512. The standard InChI is InChI=1S/C12H16N2O3/c1-17-10-3-2-9(11(6-10)14(15)16)7-12(8-13)4-5-12/h2-3,6H,4-5,7-8,13H2,1H3. The Bertz CT molecular complexity index is 441. The summed E-state index contributed by atoms with van der Waals surface area (Å²) in [5.41, 5.74) is 6.68. The van der Waals surface area contributed by atoms with Gasteiger partial charge in [0.1, 0.15) is 5.75 Å². The molecule has 1 aliphatic carbocycles. The van der Waals surface area contributed by atoms with Gasteiger partial charge in [-0.2, -0.15) is 0 Å². The SMILES string of the molecule is COc1ccc(CC2(CN)CC2)c([N+](=O)[O-])c1. The van der Waals surface area contributed by atoms with E-state index < -0.39 is 0 Å². The van der Waals surface area contributed by atoms with Crippen LogP contribution in [0.5, 0.6) is 5.75 Å². The molecule has 2 rings (SSSR count). The van der Waals surface area contributed by atoms with Gasteiger partial charge in [-0.15, -0.1) is 0 Å². The van der Waals surface area contributed by atoms with E-state index in [1.165, 1.54) is 13.2 Å². The van der Waals surface area contributed by atoms with Gasteiger partial charge < -0.3 is 10.5 Å². The van der Waals surface area contributed by atoms with Crippen LogP contribution in [0.25, 0.3) is 0 Å². The van der Waals surface area contributed by atoms with Gasteiger partial charge in [-0.3, -0.25) is 10.1 Å². The van der Waals surface area contributed by atoms with Crippen LogP contribution in [-0.2, 0) is 6.42 Å². The minimum atomic E-state index is -0.357. The first kappa shape index (κ1) is 11.9. The monoisotopic (exact) mass is 236 g/mol. The second-order valence-corrected chi connectivity index (χ2v) is 4.63. The number of nitro benzene ring substituents is 1. The van der Waals surface area contributed by atoms with Crippen LogP contribution in [-0.4, -0.2) is 18.6 Å². The number of benzene rings is 1. The molecule has 0 aliphatic heterocycles. The topological polar surface area (TPSA) is 78.4 Å². The van der Waals surface area contributed by atoms with Gasteiger partial charge in [-0.25, -0.2) is 0 Å². The van der Waals surface area contributed by atoms with Crippen molar-refractivity contribution in [3.05, 3.63) is 33.9 Å². The number of nitro groups is 1. The summed E-state index contributed by atoms with van der Waals surface area (Å²) in [6, 6.07) is 5.00. The number of methoxy groups -OCH3 is 1. The fraction of sp³-hybridized carbons (Fsp3) is 0.500. The van der Waals surface area contributed by atoms with Crippen LogP contribution in [0.2, 0.25) is 0 Å². The summed E-state index contributed by atoms with van der Waals surface area (Å²) >= 11 is 0. The zero-order valence-electron chi connectivity index (χ0n) is 9.81. The lowest BCUT2D eigenvalue weighted by molar-refractivity contribution is -0.385. The molecular formula is C12H16N2O3. The summed E-state index contributed by atoms with van der Waals surface area (Å²) < 4.78 is 5.00. The summed E-state index contributed by atoms with van der Waals surface area (Å²) in [6.45, 7) is 0.593. The highest BCUT2D eigenvalue weighted by molar-refractivity contribution is 5.46. The van der Waals surface area contributed by atoms with Crippen LogP contribution in [0.15, 0.2) is 18.2 Å². The van der Waals surface area contributed by atoms with E-state index in [0.29, 0.717) is 18.7 Å². The average molecular weight is 236 g/mol. The first-order chi connectivity index (χ1) is 8.10. The highest BCUT2D eigenvalue weighted by atomic mass is 16.6. The molecule has 0 spiro atoms. The maximum absolute atomic E-state index is 11.0. The van der Waals surface area contributed by atoms with E-state index in [1.54, 1.807) is 12.1 Å². The Kier molecular flexibility index (Phi) is 3.02. The fourth-order valence-corrected chi connectivity index (χ4v) is 2.02. The van der Waals surface area contributed by atoms with Gasteiger partial charge in [0.25, 0.3) is 5.69 Å². The fourth-order valence-electron chi connectivity index (χ4n) is 2.02. The van der Waals surface area contributed by atoms with E-state index in [-0.39, 0.29) is 16.0 Å². The molecular weight excluding hydrogens is 220 g/mol. The van der Waals surface area contributed by atoms with E-state index in [2.05, 4.69) is 0 Å². The van der Waals surface area contributed by atoms with Crippen molar-refractivity contribution in [1.29, 1.82) is 0 Å². The molecule has 5 heteroatoms. The third kappa shape index (κ3) is 2.39. The Morgan fingerprint density at radius 1 is 1.53 bits per heavy atom. The van der Waals surface area contributed by atoms with E-state index >= 15 is 0 Å². The number of nitrogens with zero attached hydrogens (tertiary/aromatic N) is 1. The molecule has 0 radical (unpaired) electrons. The summed E-state index contributed by atoms with van der Waals surface area (Å²) in [7, 11) is 1.50. The lowest BCUT2D eigenvalue weighted by atomic mass is 9.95. The van der Waals surface area contributed by atoms with Gasteiger partial charge in [0.15, 0.2) is 0 Å². The molecule has 17 heavy (non-hydrogen) atoms. The highest BCUT2D eigenvalue weighted by Gasteiger charge is 2.42. The molecule has 1 aromatic carbocycles. The quantitative estimate of drug-likeness (QED) is 0.625. The second kappa shape index (κ2) is 4.33. The van der Waals surface area contributed by atoms with Crippen LogP contribution in [0.3, 0.4) is 0 Å². The average Bonchev–Trinajstić information content (AvgIpc) is 3.10.